The summed E-state index contributed by atoms with van der Waals surface area (Å²) in [7, 11) is 0. The number of nitrogens with one attached hydrogen (secondary N) is 2. The van der Waals surface area contributed by atoms with Gasteiger partial charge in [0.1, 0.15) is 0 Å². The molecule has 27 heavy (non-hydrogen) atoms. The van der Waals surface area contributed by atoms with Crippen LogP contribution in [0.5, 0.6) is 5.88 Å². The van der Waals surface area contributed by atoms with E-state index in [0.29, 0.717) is 10.3 Å². The number of fused-ring (bicyclic) bond motifs is 1. The van der Waals surface area contributed by atoms with E-state index in [2.05, 4.69) is 9.97 Å². The maximum Gasteiger partial charge on any atom is 0.418 e. The Labute approximate surface area is 150 Å². The largest absolute Gasteiger partial charge is 0.493 e. The molecule has 0 aliphatic carbocycles. The minimum atomic E-state index is -4.66. The fourth-order valence-corrected chi connectivity index (χ4v) is 3.15. The van der Waals surface area contributed by atoms with Gasteiger partial charge in [-0.2, -0.15) is 13.2 Å². The van der Waals surface area contributed by atoms with E-state index in [1.165, 1.54) is 12.1 Å². The predicted octanol–water partition coefficient (Wildman–Crippen LogP) is 3.96. The highest BCUT2D eigenvalue weighted by Gasteiger charge is 2.35. The second kappa shape index (κ2) is 6.08. The van der Waals surface area contributed by atoms with E-state index in [0.717, 1.165) is 23.0 Å². The predicted molar refractivity (Wildman–Crippen MR) is 94.2 cm³/mol. The fourth-order valence-electron chi connectivity index (χ4n) is 3.15. The lowest BCUT2D eigenvalue weighted by Gasteiger charge is -2.13. The highest BCUT2D eigenvalue weighted by molar-refractivity contribution is 5.80. The van der Waals surface area contributed by atoms with Gasteiger partial charge in [0.2, 0.25) is 5.88 Å². The average Bonchev–Trinajstić information content (AvgIpc) is 3.14. The molecule has 0 fully saturated rings. The van der Waals surface area contributed by atoms with Crippen LogP contribution in [-0.2, 0) is 12.6 Å². The molecular weight excluding hydrogens is 359 g/mol. The van der Waals surface area contributed by atoms with Crippen molar-refractivity contribution in [3.63, 3.8) is 0 Å². The summed E-state index contributed by atoms with van der Waals surface area (Å²) in [6.07, 6.45) is -4.52. The van der Waals surface area contributed by atoms with Gasteiger partial charge in [0, 0.05) is 17.6 Å². The zero-order valence-corrected chi connectivity index (χ0v) is 13.8. The molecule has 4 aromatic rings. The Morgan fingerprint density at radius 3 is 2.44 bits per heavy atom. The Balaban J connectivity index is 1.78. The van der Waals surface area contributed by atoms with Gasteiger partial charge in [-0.3, -0.25) is 0 Å². The normalized spacial score (nSPS) is 12.0. The summed E-state index contributed by atoms with van der Waals surface area (Å²) in [5.41, 5.74) is -0.538. The number of para-hydroxylation sites is 2. The van der Waals surface area contributed by atoms with Crippen molar-refractivity contribution in [1.82, 2.24) is 14.5 Å². The van der Waals surface area contributed by atoms with E-state index >= 15 is 0 Å². The Morgan fingerprint density at radius 1 is 1.00 bits per heavy atom. The quantitative estimate of drug-likeness (QED) is 0.509. The Hall–Kier alpha value is -3.42. The van der Waals surface area contributed by atoms with Crippen LogP contribution in [0.15, 0.2) is 59.4 Å². The number of aromatic hydroxyl groups is 1. The van der Waals surface area contributed by atoms with Gasteiger partial charge in [0.25, 0.3) is 0 Å². The van der Waals surface area contributed by atoms with Crippen LogP contribution < -0.4 is 5.69 Å². The number of aromatic nitrogens is 3. The SMILES string of the molecule is O=c1[nH]c(Cc2cc3ccccc3[nH]2)c(O)n1-c1ccccc1C(F)(F)F. The van der Waals surface area contributed by atoms with E-state index in [1.807, 2.05) is 30.3 Å². The first kappa shape index (κ1) is 17.0. The summed E-state index contributed by atoms with van der Waals surface area (Å²) in [6.45, 7) is 0. The number of H-pyrrole nitrogens is 2. The summed E-state index contributed by atoms with van der Waals surface area (Å²) in [4.78, 5) is 17.9. The van der Waals surface area contributed by atoms with Crippen LogP contribution in [0.3, 0.4) is 0 Å². The van der Waals surface area contributed by atoms with Crippen LogP contribution in [0.1, 0.15) is 17.0 Å². The van der Waals surface area contributed by atoms with Crippen LogP contribution in [-0.4, -0.2) is 19.6 Å². The Kier molecular flexibility index (Phi) is 3.83. The highest BCUT2D eigenvalue weighted by atomic mass is 19.4. The minimum absolute atomic E-state index is 0.128. The van der Waals surface area contributed by atoms with Crippen LogP contribution >= 0.6 is 0 Å². The average molecular weight is 373 g/mol. The first-order valence-corrected chi connectivity index (χ1v) is 8.10. The first-order valence-electron chi connectivity index (χ1n) is 8.10. The van der Waals surface area contributed by atoms with Crippen molar-refractivity contribution in [2.24, 2.45) is 0 Å². The van der Waals surface area contributed by atoms with Crippen molar-refractivity contribution in [3.05, 3.63) is 82.0 Å². The molecule has 4 rings (SSSR count). The lowest BCUT2D eigenvalue weighted by atomic mass is 10.1. The summed E-state index contributed by atoms with van der Waals surface area (Å²) >= 11 is 0. The summed E-state index contributed by atoms with van der Waals surface area (Å²) in [5.74, 6) is -0.546. The molecule has 0 amide bonds. The molecule has 0 saturated carbocycles. The number of benzene rings is 2. The molecule has 0 spiro atoms. The molecule has 0 aliphatic rings. The molecule has 0 radical (unpaired) electrons. The van der Waals surface area contributed by atoms with Gasteiger partial charge in [-0.1, -0.05) is 30.3 Å². The standard InChI is InChI=1S/C19H14F3N3O2/c20-19(21,22)13-6-2-4-8-16(13)25-17(26)15(24-18(25)27)10-12-9-11-5-1-3-7-14(11)23-12/h1-9,23,26H,10H2,(H,24,27). The van der Waals surface area contributed by atoms with E-state index in [1.54, 1.807) is 0 Å². The minimum Gasteiger partial charge on any atom is -0.493 e. The van der Waals surface area contributed by atoms with E-state index in [9.17, 15) is 23.1 Å². The molecule has 2 aromatic carbocycles. The van der Waals surface area contributed by atoms with Gasteiger partial charge in [0.15, 0.2) is 0 Å². The lowest BCUT2D eigenvalue weighted by Crippen LogP contribution is -2.19. The zero-order valence-electron chi connectivity index (χ0n) is 13.8. The summed E-state index contributed by atoms with van der Waals surface area (Å²) in [6, 6.07) is 14.0. The van der Waals surface area contributed by atoms with Gasteiger partial charge in [-0.05, 0) is 29.7 Å². The van der Waals surface area contributed by atoms with Crippen molar-refractivity contribution in [2.75, 3.05) is 0 Å². The molecule has 0 saturated heterocycles. The monoisotopic (exact) mass is 373 g/mol. The number of rotatable bonds is 3. The third-order valence-corrected chi connectivity index (χ3v) is 4.35. The number of hydrogen-bond donors (Lipinski definition) is 3. The zero-order chi connectivity index (χ0) is 19.2. The van der Waals surface area contributed by atoms with Gasteiger partial charge >= 0.3 is 11.9 Å². The number of alkyl halides is 3. The third kappa shape index (κ3) is 2.99. The molecule has 0 bridgehead atoms. The molecule has 0 atom stereocenters. The number of hydrogen-bond acceptors (Lipinski definition) is 2. The van der Waals surface area contributed by atoms with Crippen LogP contribution in [0.25, 0.3) is 16.6 Å². The van der Waals surface area contributed by atoms with Crippen molar-refractivity contribution in [1.29, 1.82) is 0 Å². The number of halogens is 3. The smallest absolute Gasteiger partial charge is 0.418 e. The molecule has 0 aliphatic heterocycles. The maximum absolute atomic E-state index is 13.3. The van der Waals surface area contributed by atoms with Crippen LogP contribution in [0.4, 0.5) is 13.2 Å². The van der Waals surface area contributed by atoms with Crippen LogP contribution in [0, 0.1) is 0 Å². The summed E-state index contributed by atoms with van der Waals surface area (Å²) in [5, 5.41) is 11.4. The van der Waals surface area contributed by atoms with E-state index < -0.39 is 29.0 Å². The van der Waals surface area contributed by atoms with Crippen molar-refractivity contribution < 1.29 is 18.3 Å². The lowest BCUT2D eigenvalue weighted by molar-refractivity contribution is -0.137. The van der Waals surface area contributed by atoms with Gasteiger partial charge in [-0.25, -0.2) is 9.36 Å². The molecule has 2 heterocycles. The third-order valence-electron chi connectivity index (χ3n) is 4.35. The Bertz CT molecular complexity index is 1150. The van der Waals surface area contributed by atoms with Crippen LogP contribution in [0.2, 0.25) is 0 Å². The number of aromatic amines is 2. The molecule has 8 heteroatoms. The topological polar surface area (TPSA) is 73.8 Å². The molecule has 5 nitrogen and oxygen atoms in total. The molecule has 3 N–H and O–H groups in total. The summed E-state index contributed by atoms with van der Waals surface area (Å²) < 4.78 is 40.4. The van der Waals surface area contributed by atoms with Gasteiger partial charge < -0.3 is 15.1 Å². The Morgan fingerprint density at radius 2 is 1.70 bits per heavy atom. The molecule has 2 aromatic heterocycles. The van der Waals surface area contributed by atoms with Crippen molar-refractivity contribution >= 4 is 10.9 Å². The van der Waals surface area contributed by atoms with Gasteiger partial charge in [-0.15, -0.1) is 0 Å². The van der Waals surface area contributed by atoms with E-state index in [4.69, 9.17) is 0 Å². The van der Waals surface area contributed by atoms with E-state index in [-0.39, 0.29) is 12.1 Å². The number of imidazole rings is 1. The molecule has 0 unspecified atom stereocenters. The second-order valence-corrected chi connectivity index (χ2v) is 6.14. The van der Waals surface area contributed by atoms with Crippen molar-refractivity contribution in [3.8, 4) is 11.6 Å². The molecular formula is C19H14F3N3O2. The fraction of sp³-hybridized carbons (Fsp3) is 0.105. The number of nitrogens with zero attached hydrogens (tertiary/aromatic N) is 1. The second-order valence-electron chi connectivity index (χ2n) is 6.14. The van der Waals surface area contributed by atoms with Gasteiger partial charge in [0.05, 0.1) is 16.9 Å². The maximum atomic E-state index is 13.3. The first-order chi connectivity index (χ1) is 12.8. The van der Waals surface area contributed by atoms with Crippen molar-refractivity contribution in [2.45, 2.75) is 12.6 Å². The molecule has 138 valence electrons. The highest BCUT2D eigenvalue weighted by Crippen LogP contribution is 2.35.